The van der Waals surface area contributed by atoms with Crippen molar-refractivity contribution < 1.29 is 19.1 Å². The van der Waals surface area contributed by atoms with Crippen molar-refractivity contribution in [1.29, 1.82) is 0 Å². The second-order valence-corrected chi connectivity index (χ2v) is 4.18. The average molecular weight is 244 g/mol. The fourth-order valence-corrected chi connectivity index (χ4v) is 1.90. The maximum Gasteiger partial charge on any atom is 0.373 e. The van der Waals surface area contributed by atoms with Crippen molar-refractivity contribution in [3.05, 3.63) is 11.8 Å². The van der Waals surface area contributed by atoms with Gasteiger partial charge in [0.05, 0.1) is 32.8 Å². The molecule has 17 heavy (non-hydrogen) atoms. The maximum atomic E-state index is 11.2. The van der Waals surface area contributed by atoms with Gasteiger partial charge in [-0.25, -0.2) is 4.79 Å². The molecule has 4 heteroatoms. The van der Waals surface area contributed by atoms with Gasteiger partial charge in [0.1, 0.15) is 0 Å². The molecule has 100 valence electrons. The van der Waals surface area contributed by atoms with Crippen molar-refractivity contribution in [2.24, 2.45) is 0 Å². The molecule has 0 saturated carbocycles. The van der Waals surface area contributed by atoms with E-state index in [1.807, 2.05) is 0 Å². The zero-order valence-electron chi connectivity index (χ0n) is 11.5. The molecule has 4 nitrogen and oxygen atoms in total. The molecule has 0 aromatic heterocycles. The highest BCUT2D eigenvalue weighted by Gasteiger charge is 2.20. The van der Waals surface area contributed by atoms with Crippen LogP contribution in [0.4, 0.5) is 0 Å². The lowest BCUT2D eigenvalue weighted by atomic mass is 10.3. The number of hydrogen-bond donors (Lipinski definition) is 1. The minimum absolute atomic E-state index is 0.313. The molecule has 0 aliphatic rings. The van der Waals surface area contributed by atoms with Crippen LogP contribution in [0.1, 0.15) is 34.1 Å². The molecule has 0 heterocycles. The summed E-state index contributed by atoms with van der Waals surface area (Å²) in [5.41, 5.74) is 0. The normalized spacial score (nSPS) is 12.6. The summed E-state index contributed by atoms with van der Waals surface area (Å²) in [5.74, 6) is -0.942. The van der Waals surface area contributed by atoms with Gasteiger partial charge in [0.15, 0.2) is 5.76 Å². The van der Waals surface area contributed by atoms with E-state index < -0.39 is 5.97 Å². The number of carbonyl (C=O) groups is 1. The minimum atomic E-state index is -0.630. The minimum Gasteiger partial charge on any atom is -0.502 e. The number of hydrogen-bond acceptors (Lipinski definition) is 3. The summed E-state index contributed by atoms with van der Waals surface area (Å²) in [5, 5.41) is 9.11. The summed E-state index contributed by atoms with van der Waals surface area (Å²) in [7, 11) is 0. The number of aliphatic hydroxyl groups excluding tert-OH is 1. The number of rotatable bonds is 8. The lowest BCUT2D eigenvalue weighted by Crippen LogP contribution is -2.48. The van der Waals surface area contributed by atoms with Crippen molar-refractivity contribution in [3.63, 3.8) is 0 Å². The monoisotopic (exact) mass is 244 g/mol. The molecular formula is C13H26NO3+. The van der Waals surface area contributed by atoms with E-state index in [2.05, 4.69) is 20.8 Å². The van der Waals surface area contributed by atoms with Crippen LogP contribution in [0.2, 0.25) is 0 Å². The van der Waals surface area contributed by atoms with Crippen LogP contribution in [0.25, 0.3) is 0 Å². The number of esters is 1. The number of quaternary nitrogens is 1. The Morgan fingerprint density at radius 3 is 2.18 bits per heavy atom. The Labute approximate surface area is 104 Å². The zero-order valence-corrected chi connectivity index (χ0v) is 11.5. The summed E-state index contributed by atoms with van der Waals surface area (Å²) in [4.78, 5) is 11.2. The molecule has 0 fully saturated rings. The van der Waals surface area contributed by atoms with Crippen molar-refractivity contribution in [1.82, 2.24) is 0 Å². The van der Waals surface area contributed by atoms with Gasteiger partial charge in [-0.3, -0.25) is 0 Å². The number of nitrogens with zero attached hydrogens (tertiary/aromatic N) is 1. The second-order valence-electron chi connectivity index (χ2n) is 4.18. The van der Waals surface area contributed by atoms with Gasteiger partial charge < -0.3 is 14.3 Å². The largest absolute Gasteiger partial charge is 0.502 e. The summed E-state index contributed by atoms with van der Waals surface area (Å²) in [6.07, 6.45) is 2.17. The quantitative estimate of drug-likeness (QED) is 0.234. The van der Waals surface area contributed by atoms with Crippen molar-refractivity contribution in [2.75, 3.05) is 32.8 Å². The molecule has 0 amide bonds. The van der Waals surface area contributed by atoms with Gasteiger partial charge in [0, 0.05) is 6.42 Å². The third-order valence-electron chi connectivity index (χ3n) is 3.50. The van der Waals surface area contributed by atoms with Gasteiger partial charge in [-0.2, -0.15) is 0 Å². The first-order valence-corrected chi connectivity index (χ1v) is 6.42. The Kier molecular flexibility index (Phi) is 7.63. The molecule has 0 radical (unpaired) electrons. The van der Waals surface area contributed by atoms with Crippen LogP contribution in [0.5, 0.6) is 0 Å². The van der Waals surface area contributed by atoms with Crippen LogP contribution in [0.15, 0.2) is 11.8 Å². The fourth-order valence-electron chi connectivity index (χ4n) is 1.90. The molecule has 0 bridgehead atoms. The lowest BCUT2D eigenvalue weighted by molar-refractivity contribution is -0.923. The molecule has 0 aromatic rings. The van der Waals surface area contributed by atoms with Crippen LogP contribution in [-0.4, -0.2) is 48.3 Å². The third kappa shape index (κ3) is 5.22. The second kappa shape index (κ2) is 8.12. The highest BCUT2D eigenvalue weighted by molar-refractivity contribution is 5.85. The van der Waals surface area contributed by atoms with E-state index in [4.69, 9.17) is 9.84 Å². The van der Waals surface area contributed by atoms with E-state index >= 15 is 0 Å². The molecular weight excluding hydrogens is 218 g/mol. The van der Waals surface area contributed by atoms with Gasteiger partial charge in [-0.15, -0.1) is 0 Å². The van der Waals surface area contributed by atoms with Gasteiger partial charge in [0.2, 0.25) is 0 Å². The summed E-state index contributed by atoms with van der Waals surface area (Å²) in [6, 6.07) is 0. The molecule has 0 aliphatic carbocycles. The third-order valence-corrected chi connectivity index (χ3v) is 3.50. The van der Waals surface area contributed by atoms with Gasteiger partial charge in [0.25, 0.3) is 0 Å². The number of aliphatic hydroxyl groups is 1. The van der Waals surface area contributed by atoms with Gasteiger partial charge in [-0.1, -0.05) is 0 Å². The Morgan fingerprint density at radius 1 is 1.24 bits per heavy atom. The van der Waals surface area contributed by atoms with Crippen molar-refractivity contribution >= 4 is 5.97 Å². The van der Waals surface area contributed by atoms with E-state index in [1.165, 1.54) is 6.08 Å². The van der Waals surface area contributed by atoms with E-state index in [0.29, 0.717) is 6.61 Å². The average Bonchev–Trinajstić information content (AvgIpc) is 2.38. The first-order valence-electron chi connectivity index (χ1n) is 6.42. The molecule has 0 aliphatic heterocycles. The van der Waals surface area contributed by atoms with Gasteiger partial charge in [-0.05, 0) is 33.8 Å². The zero-order chi connectivity index (χ0) is 13.3. The Bertz CT molecular complexity index is 249. The molecule has 0 spiro atoms. The maximum absolute atomic E-state index is 11.2. The van der Waals surface area contributed by atoms with Gasteiger partial charge >= 0.3 is 5.97 Å². The standard InChI is InChI=1S/C13H25NO3/c1-5-12(15)13(16)17-11-9-10-14(6-2,7-3)8-4/h5H,6-11H2,1-4H3/p+1. The van der Waals surface area contributed by atoms with Crippen LogP contribution in [-0.2, 0) is 9.53 Å². The van der Waals surface area contributed by atoms with Crippen LogP contribution >= 0.6 is 0 Å². The number of allylic oxidation sites excluding steroid dienone is 1. The SMILES string of the molecule is CC=C(O)C(=O)OCCC[N+](CC)(CC)CC. The highest BCUT2D eigenvalue weighted by Crippen LogP contribution is 2.07. The molecule has 0 unspecified atom stereocenters. The Morgan fingerprint density at radius 2 is 1.76 bits per heavy atom. The first-order chi connectivity index (χ1) is 8.05. The Hall–Kier alpha value is -1.03. The predicted octanol–water partition coefficient (Wildman–Crippen LogP) is 2.26. The van der Waals surface area contributed by atoms with E-state index in [9.17, 15) is 4.79 Å². The van der Waals surface area contributed by atoms with E-state index in [-0.39, 0.29) is 5.76 Å². The fraction of sp³-hybridized carbons (Fsp3) is 0.769. The molecule has 0 aromatic carbocycles. The van der Waals surface area contributed by atoms with Crippen molar-refractivity contribution in [3.8, 4) is 0 Å². The predicted molar refractivity (Wildman–Crippen MR) is 68.7 cm³/mol. The summed E-state index contributed by atoms with van der Waals surface area (Å²) >= 11 is 0. The van der Waals surface area contributed by atoms with E-state index in [0.717, 1.165) is 37.1 Å². The topological polar surface area (TPSA) is 46.5 Å². The lowest BCUT2D eigenvalue weighted by Gasteiger charge is -2.35. The first kappa shape index (κ1) is 16.0. The van der Waals surface area contributed by atoms with Crippen LogP contribution < -0.4 is 0 Å². The van der Waals surface area contributed by atoms with E-state index in [1.54, 1.807) is 6.92 Å². The van der Waals surface area contributed by atoms with Crippen LogP contribution in [0, 0.1) is 0 Å². The molecule has 0 rings (SSSR count). The molecule has 1 N–H and O–H groups in total. The Balaban J connectivity index is 3.95. The van der Waals surface area contributed by atoms with Crippen LogP contribution in [0.3, 0.4) is 0 Å². The molecule has 0 atom stereocenters. The van der Waals surface area contributed by atoms with Crippen molar-refractivity contribution in [2.45, 2.75) is 34.1 Å². The highest BCUT2D eigenvalue weighted by atomic mass is 16.5. The smallest absolute Gasteiger partial charge is 0.373 e. The summed E-state index contributed by atoms with van der Waals surface area (Å²) < 4.78 is 6.01. The summed E-state index contributed by atoms with van der Waals surface area (Å²) in [6.45, 7) is 12.8. The molecule has 0 saturated heterocycles. The number of carbonyl (C=O) groups excluding carboxylic acids is 1. The number of ether oxygens (including phenoxy) is 1.